The topological polar surface area (TPSA) is 25.2 Å². The highest BCUT2D eigenvalue weighted by atomic mass is 32.1. The predicted octanol–water partition coefficient (Wildman–Crippen LogP) is 5.06. The van der Waals surface area contributed by atoms with Crippen LogP contribution in [0.2, 0.25) is 0 Å². The number of unbranched alkanes of at least 4 members (excludes halogenated alkanes) is 2. The molecule has 1 aromatic heterocycles. The molecule has 0 bridgehead atoms. The molecule has 3 rings (SSSR count). The molecule has 0 unspecified atom stereocenters. The fraction of sp³-hybridized carbons (Fsp3) is 0.667. The second-order valence-corrected chi connectivity index (χ2v) is 8.38. The number of hydrogen-bond donors (Lipinski definition) is 0. The van der Waals surface area contributed by atoms with E-state index >= 15 is 0 Å². The van der Waals surface area contributed by atoms with Gasteiger partial charge in [0.2, 0.25) is 0 Å². The van der Waals surface area contributed by atoms with E-state index in [0.717, 1.165) is 29.6 Å². The van der Waals surface area contributed by atoms with Crippen molar-refractivity contribution in [2.45, 2.75) is 71.3 Å². The largest absolute Gasteiger partial charge is 0.308 e. The maximum atomic E-state index is 12.4. The first kappa shape index (κ1) is 18.7. The standard InChI is InChI=1S/C21H32N2OS/c1-2-3-10-18-11-12-19-20(17-18)25-21(24)23(19)16-9-8-15-22-13-6-4-5-7-14-22/h11-12,17H,2-10,13-16H2,1H3. The molecular formula is C21H32N2OS. The number of nitrogens with zero attached hydrogens (tertiary/aromatic N) is 2. The van der Waals surface area contributed by atoms with Crippen LogP contribution in [0, 0.1) is 0 Å². The molecule has 0 aliphatic carbocycles. The molecule has 0 atom stereocenters. The highest BCUT2D eigenvalue weighted by molar-refractivity contribution is 7.16. The minimum atomic E-state index is 0.206. The number of benzene rings is 1. The summed E-state index contributed by atoms with van der Waals surface area (Å²) in [5.74, 6) is 0. The summed E-state index contributed by atoms with van der Waals surface area (Å²) >= 11 is 1.41. The molecule has 2 heterocycles. The Morgan fingerprint density at radius 3 is 2.52 bits per heavy atom. The molecule has 0 saturated carbocycles. The monoisotopic (exact) mass is 360 g/mol. The second-order valence-electron chi connectivity index (χ2n) is 7.39. The minimum absolute atomic E-state index is 0.206. The van der Waals surface area contributed by atoms with E-state index < -0.39 is 0 Å². The highest BCUT2D eigenvalue weighted by Crippen LogP contribution is 2.21. The average Bonchev–Trinajstić information content (AvgIpc) is 2.78. The van der Waals surface area contributed by atoms with Gasteiger partial charge in [-0.15, -0.1) is 0 Å². The fourth-order valence-electron chi connectivity index (χ4n) is 3.82. The van der Waals surface area contributed by atoms with Crippen molar-refractivity contribution in [3.8, 4) is 0 Å². The Labute approximate surface area is 155 Å². The summed E-state index contributed by atoms with van der Waals surface area (Å²) in [6.45, 7) is 6.81. The zero-order valence-electron chi connectivity index (χ0n) is 15.6. The summed E-state index contributed by atoms with van der Waals surface area (Å²) in [5, 5.41) is 0. The van der Waals surface area contributed by atoms with E-state index in [4.69, 9.17) is 0 Å². The third-order valence-electron chi connectivity index (χ3n) is 5.36. The van der Waals surface area contributed by atoms with Crippen molar-refractivity contribution >= 4 is 21.6 Å². The van der Waals surface area contributed by atoms with Crippen LogP contribution in [-0.2, 0) is 13.0 Å². The van der Waals surface area contributed by atoms with E-state index in [1.165, 1.54) is 81.5 Å². The van der Waals surface area contributed by atoms with Gasteiger partial charge in [-0.05, 0) is 75.9 Å². The average molecular weight is 361 g/mol. The van der Waals surface area contributed by atoms with E-state index in [-0.39, 0.29) is 4.87 Å². The molecule has 3 nitrogen and oxygen atoms in total. The summed E-state index contributed by atoms with van der Waals surface area (Å²) < 4.78 is 3.15. The van der Waals surface area contributed by atoms with Crippen molar-refractivity contribution in [2.75, 3.05) is 19.6 Å². The van der Waals surface area contributed by atoms with Gasteiger partial charge in [0.15, 0.2) is 0 Å². The first-order valence-corrected chi connectivity index (χ1v) is 10.9. The van der Waals surface area contributed by atoms with E-state index in [1.807, 2.05) is 4.57 Å². The van der Waals surface area contributed by atoms with Gasteiger partial charge in [-0.3, -0.25) is 9.36 Å². The lowest BCUT2D eigenvalue weighted by Crippen LogP contribution is -2.26. The Bertz CT molecular complexity index is 710. The van der Waals surface area contributed by atoms with Crippen molar-refractivity contribution in [2.24, 2.45) is 0 Å². The Morgan fingerprint density at radius 2 is 1.76 bits per heavy atom. The molecule has 2 aromatic rings. The Balaban J connectivity index is 1.55. The van der Waals surface area contributed by atoms with Gasteiger partial charge in [0, 0.05) is 6.54 Å². The molecule has 1 aliphatic rings. The molecule has 0 spiro atoms. The number of rotatable bonds is 8. The van der Waals surface area contributed by atoms with Crippen LogP contribution in [0.25, 0.3) is 10.2 Å². The molecule has 1 fully saturated rings. The quantitative estimate of drug-likeness (QED) is 0.615. The first-order chi connectivity index (χ1) is 12.3. The van der Waals surface area contributed by atoms with Crippen molar-refractivity contribution in [1.29, 1.82) is 0 Å². The SMILES string of the molecule is CCCCc1ccc2c(c1)sc(=O)n2CCCCN1CCCCCC1. The fourth-order valence-corrected chi connectivity index (χ4v) is 4.81. The number of likely N-dealkylation sites (tertiary alicyclic amines) is 1. The molecule has 0 N–H and O–H groups in total. The Kier molecular flexibility index (Phi) is 7.12. The normalized spacial score (nSPS) is 16.4. The first-order valence-electron chi connectivity index (χ1n) is 10.1. The van der Waals surface area contributed by atoms with Crippen molar-refractivity contribution < 1.29 is 0 Å². The van der Waals surface area contributed by atoms with Crippen LogP contribution < -0.4 is 4.87 Å². The molecule has 0 amide bonds. The van der Waals surface area contributed by atoms with Crippen molar-refractivity contribution in [1.82, 2.24) is 9.47 Å². The number of hydrogen-bond acceptors (Lipinski definition) is 3. The van der Waals surface area contributed by atoms with Gasteiger partial charge in [0.25, 0.3) is 0 Å². The van der Waals surface area contributed by atoms with Crippen LogP contribution in [0.15, 0.2) is 23.0 Å². The zero-order valence-corrected chi connectivity index (χ0v) is 16.5. The lowest BCUT2D eigenvalue weighted by molar-refractivity contribution is 0.277. The third-order valence-corrected chi connectivity index (χ3v) is 6.30. The van der Waals surface area contributed by atoms with Crippen molar-refractivity contribution in [3.05, 3.63) is 33.4 Å². The highest BCUT2D eigenvalue weighted by Gasteiger charge is 2.10. The molecule has 0 radical (unpaired) electrons. The van der Waals surface area contributed by atoms with Gasteiger partial charge in [0.1, 0.15) is 0 Å². The summed E-state index contributed by atoms with van der Waals surface area (Å²) in [6.07, 6.45) is 11.3. The van der Waals surface area contributed by atoms with E-state index in [1.54, 1.807) is 0 Å². The van der Waals surface area contributed by atoms with Crippen LogP contribution in [0.3, 0.4) is 0 Å². The summed E-state index contributed by atoms with van der Waals surface area (Å²) in [4.78, 5) is 15.2. The van der Waals surface area contributed by atoms with Gasteiger partial charge in [-0.25, -0.2) is 0 Å². The lowest BCUT2D eigenvalue weighted by Gasteiger charge is -2.19. The van der Waals surface area contributed by atoms with Crippen LogP contribution in [-0.4, -0.2) is 29.1 Å². The van der Waals surface area contributed by atoms with E-state index in [2.05, 4.69) is 30.0 Å². The van der Waals surface area contributed by atoms with Gasteiger partial charge < -0.3 is 4.90 Å². The number of thiazole rings is 1. The maximum Gasteiger partial charge on any atom is 0.308 e. The van der Waals surface area contributed by atoms with Gasteiger partial charge in [-0.2, -0.15) is 0 Å². The molecule has 1 aromatic carbocycles. The molecule has 138 valence electrons. The molecule has 1 saturated heterocycles. The van der Waals surface area contributed by atoms with Crippen LogP contribution >= 0.6 is 11.3 Å². The van der Waals surface area contributed by atoms with Gasteiger partial charge in [-0.1, -0.05) is 43.6 Å². The number of fused-ring (bicyclic) bond motifs is 1. The van der Waals surface area contributed by atoms with Crippen LogP contribution in [0.1, 0.15) is 63.9 Å². The van der Waals surface area contributed by atoms with E-state index in [9.17, 15) is 4.79 Å². The molecule has 4 heteroatoms. The summed E-state index contributed by atoms with van der Waals surface area (Å²) in [5.41, 5.74) is 2.49. The van der Waals surface area contributed by atoms with Crippen molar-refractivity contribution in [3.63, 3.8) is 0 Å². The van der Waals surface area contributed by atoms with Crippen LogP contribution in [0.4, 0.5) is 0 Å². The Morgan fingerprint density at radius 1 is 1.00 bits per heavy atom. The third kappa shape index (κ3) is 5.18. The van der Waals surface area contributed by atoms with Gasteiger partial charge >= 0.3 is 4.87 Å². The summed E-state index contributed by atoms with van der Waals surface area (Å²) in [7, 11) is 0. The summed E-state index contributed by atoms with van der Waals surface area (Å²) in [6, 6.07) is 6.59. The zero-order chi connectivity index (χ0) is 17.5. The Hall–Kier alpha value is -1.13. The number of aromatic nitrogens is 1. The predicted molar refractivity (Wildman–Crippen MR) is 109 cm³/mol. The lowest BCUT2D eigenvalue weighted by atomic mass is 10.1. The molecule has 1 aliphatic heterocycles. The number of aryl methyl sites for hydroxylation is 2. The molecular weight excluding hydrogens is 328 g/mol. The second kappa shape index (κ2) is 9.54. The smallest absolute Gasteiger partial charge is 0.303 e. The van der Waals surface area contributed by atoms with Gasteiger partial charge in [0.05, 0.1) is 10.2 Å². The maximum absolute atomic E-state index is 12.4. The molecule has 25 heavy (non-hydrogen) atoms. The minimum Gasteiger partial charge on any atom is -0.303 e. The van der Waals surface area contributed by atoms with Crippen LogP contribution in [0.5, 0.6) is 0 Å². The van der Waals surface area contributed by atoms with E-state index in [0.29, 0.717) is 0 Å².